The molecule has 5 nitrogen and oxygen atoms in total. The number of esters is 1. The van der Waals surface area contributed by atoms with Gasteiger partial charge in [0.05, 0.1) is 18.0 Å². The SMILES string of the molecule is CCOC(=O)CSc1nnc(C)n1-c1ccccc1C. The van der Waals surface area contributed by atoms with Gasteiger partial charge in [-0.1, -0.05) is 30.0 Å². The van der Waals surface area contributed by atoms with Crippen molar-refractivity contribution in [1.82, 2.24) is 14.8 Å². The second-order valence-electron chi connectivity index (χ2n) is 4.25. The van der Waals surface area contributed by atoms with Gasteiger partial charge in [-0.25, -0.2) is 0 Å². The third kappa shape index (κ3) is 3.19. The Bertz CT molecular complexity index is 610. The van der Waals surface area contributed by atoms with Gasteiger partial charge in [0.1, 0.15) is 5.82 Å². The Kier molecular flexibility index (Phi) is 4.79. The molecule has 0 atom stereocenters. The minimum absolute atomic E-state index is 0.234. The van der Waals surface area contributed by atoms with Crippen molar-refractivity contribution in [2.75, 3.05) is 12.4 Å². The lowest BCUT2D eigenvalue weighted by atomic mass is 10.2. The Labute approximate surface area is 122 Å². The average molecular weight is 291 g/mol. The van der Waals surface area contributed by atoms with E-state index >= 15 is 0 Å². The number of carbonyl (C=O) groups is 1. The number of para-hydroxylation sites is 1. The van der Waals surface area contributed by atoms with Gasteiger partial charge in [-0.05, 0) is 32.4 Å². The monoisotopic (exact) mass is 291 g/mol. The first kappa shape index (κ1) is 14.6. The topological polar surface area (TPSA) is 57.0 Å². The second kappa shape index (κ2) is 6.56. The molecular formula is C14H17N3O2S. The molecule has 1 aromatic carbocycles. The molecule has 0 aliphatic heterocycles. The molecule has 2 aromatic rings. The Balaban J connectivity index is 2.24. The smallest absolute Gasteiger partial charge is 0.316 e. The highest BCUT2D eigenvalue weighted by atomic mass is 32.2. The molecule has 0 N–H and O–H groups in total. The highest BCUT2D eigenvalue weighted by molar-refractivity contribution is 7.99. The van der Waals surface area contributed by atoms with Crippen LogP contribution < -0.4 is 0 Å². The van der Waals surface area contributed by atoms with Crippen LogP contribution in [-0.2, 0) is 9.53 Å². The lowest BCUT2D eigenvalue weighted by molar-refractivity contribution is -0.139. The van der Waals surface area contributed by atoms with Gasteiger partial charge in [0.15, 0.2) is 5.16 Å². The van der Waals surface area contributed by atoms with E-state index in [0.29, 0.717) is 11.8 Å². The first-order valence-electron chi connectivity index (χ1n) is 6.40. The highest BCUT2D eigenvalue weighted by Crippen LogP contribution is 2.23. The van der Waals surface area contributed by atoms with Gasteiger partial charge in [0.2, 0.25) is 0 Å². The van der Waals surface area contributed by atoms with Gasteiger partial charge < -0.3 is 4.74 Å². The summed E-state index contributed by atoms with van der Waals surface area (Å²) in [7, 11) is 0. The first-order valence-corrected chi connectivity index (χ1v) is 7.38. The molecule has 1 aromatic heterocycles. The fourth-order valence-corrected chi connectivity index (χ4v) is 2.64. The van der Waals surface area contributed by atoms with Crippen LogP contribution in [0, 0.1) is 13.8 Å². The number of ether oxygens (including phenoxy) is 1. The van der Waals surface area contributed by atoms with Crippen molar-refractivity contribution in [3.05, 3.63) is 35.7 Å². The number of hydrogen-bond acceptors (Lipinski definition) is 5. The van der Waals surface area contributed by atoms with E-state index < -0.39 is 0 Å². The highest BCUT2D eigenvalue weighted by Gasteiger charge is 2.14. The maximum atomic E-state index is 11.4. The Morgan fingerprint density at radius 1 is 1.30 bits per heavy atom. The van der Waals surface area contributed by atoms with Crippen LogP contribution in [0.1, 0.15) is 18.3 Å². The summed E-state index contributed by atoms with van der Waals surface area (Å²) in [6.07, 6.45) is 0. The largest absolute Gasteiger partial charge is 0.465 e. The minimum Gasteiger partial charge on any atom is -0.465 e. The van der Waals surface area contributed by atoms with Gasteiger partial charge >= 0.3 is 5.97 Å². The molecule has 0 saturated heterocycles. The molecule has 6 heteroatoms. The second-order valence-corrected chi connectivity index (χ2v) is 5.19. The van der Waals surface area contributed by atoms with E-state index in [1.165, 1.54) is 11.8 Å². The molecule has 106 valence electrons. The maximum absolute atomic E-state index is 11.4. The van der Waals surface area contributed by atoms with E-state index in [2.05, 4.69) is 10.2 Å². The Morgan fingerprint density at radius 2 is 2.05 bits per heavy atom. The van der Waals surface area contributed by atoms with Crippen LogP contribution >= 0.6 is 11.8 Å². The molecule has 0 amide bonds. The molecule has 0 unspecified atom stereocenters. The summed E-state index contributed by atoms with van der Waals surface area (Å²) in [5, 5.41) is 8.93. The molecule has 0 spiro atoms. The van der Waals surface area contributed by atoms with Crippen LogP contribution in [0.5, 0.6) is 0 Å². The van der Waals surface area contributed by atoms with Crippen molar-refractivity contribution < 1.29 is 9.53 Å². The van der Waals surface area contributed by atoms with Crippen molar-refractivity contribution in [1.29, 1.82) is 0 Å². The van der Waals surface area contributed by atoms with E-state index in [9.17, 15) is 4.79 Å². The predicted octanol–water partition coefficient (Wildman–Crippen LogP) is 2.54. The third-order valence-electron chi connectivity index (χ3n) is 2.78. The summed E-state index contributed by atoms with van der Waals surface area (Å²) in [6, 6.07) is 8.01. The molecule has 0 fully saturated rings. The molecule has 0 aliphatic carbocycles. The van der Waals surface area contributed by atoms with Gasteiger partial charge in [-0.15, -0.1) is 10.2 Å². The van der Waals surface area contributed by atoms with Crippen LogP contribution in [0.25, 0.3) is 5.69 Å². The molecule has 0 radical (unpaired) electrons. The zero-order valence-electron chi connectivity index (χ0n) is 11.8. The van der Waals surface area contributed by atoms with E-state index in [1.807, 2.05) is 42.7 Å². The molecule has 20 heavy (non-hydrogen) atoms. The Hall–Kier alpha value is -1.82. The van der Waals surface area contributed by atoms with Crippen molar-refractivity contribution in [2.45, 2.75) is 25.9 Å². The number of hydrogen-bond donors (Lipinski definition) is 0. The number of thioether (sulfide) groups is 1. The summed E-state index contributed by atoms with van der Waals surface area (Å²) < 4.78 is 6.88. The molecular weight excluding hydrogens is 274 g/mol. The van der Waals surface area contributed by atoms with Crippen LogP contribution in [0.15, 0.2) is 29.4 Å². The molecule has 2 rings (SSSR count). The van der Waals surface area contributed by atoms with E-state index in [-0.39, 0.29) is 11.7 Å². The molecule has 0 aliphatic rings. The summed E-state index contributed by atoms with van der Waals surface area (Å²) in [4.78, 5) is 11.4. The third-order valence-corrected chi connectivity index (χ3v) is 3.68. The summed E-state index contributed by atoms with van der Waals surface area (Å²) in [5.74, 6) is 0.790. The number of rotatable bonds is 5. The zero-order valence-corrected chi connectivity index (χ0v) is 12.6. The summed E-state index contributed by atoms with van der Waals surface area (Å²) in [5.41, 5.74) is 2.16. The number of aromatic nitrogens is 3. The Morgan fingerprint density at radius 3 is 2.75 bits per heavy atom. The summed E-state index contributed by atoms with van der Waals surface area (Å²) >= 11 is 1.33. The molecule has 0 saturated carbocycles. The van der Waals surface area contributed by atoms with Crippen molar-refractivity contribution in [2.24, 2.45) is 0 Å². The average Bonchev–Trinajstić information content (AvgIpc) is 2.79. The van der Waals surface area contributed by atoms with Gasteiger partial charge in [-0.3, -0.25) is 9.36 Å². The van der Waals surface area contributed by atoms with Gasteiger partial charge in [0, 0.05) is 0 Å². The fraction of sp³-hybridized carbons (Fsp3) is 0.357. The van der Waals surface area contributed by atoms with Crippen molar-refractivity contribution in [3.8, 4) is 5.69 Å². The van der Waals surface area contributed by atoms with Crippen molar-refractivity contribution >= 4 is 17.7 Å². The lowest BCUT2D eigenvalue weighted by Gasteiger charge is -2.10. The predicted molar refractivity (Wildman–Crippen MR) is 78.2 cm³/mol. The molecule has 0 bridgehead atoms. The summed E-state index contributed by atoms with van der Waals surface area (Å²) in [6.45, 7) is 6.12. The maximum Gasteiger partial charge on any atom is 0.316 e. The van der Waals surface area contributed by atoms with Crippen LogP contribution in [0.4, 0.5) is 0 Å². The van der Waals surface area contributed by atoms with Crippen LogP contribution in [-0.4, -0.2) is 33.1 Å². The number of aryl methyl sites for hydroxylation is 2. The normalized spacial score (nSPS) is 10.6. The van der Waals surface area contributed by atoms with Crippen LogP contribution in [0.2, 0.25) is 0 Å². The molecule has 1 heterocycles. The van der Waals surface area contributed by atoms with Crippen LogP contribution in [0.3, 0.4) is 0 Å². The number of benzene rings is 1. The zero-order chi connectivity index (χ0) is 14.5. The van der Waals surface area contributed by atoms with E-state index in [0.717, 1.165) is 17.1 Å². The van der Waals surface area contributed by atoms with E-state index in [4.69, 9.17) is 4.74 Å². The first-order chi connectivity index (χ1) is 9.63. The lowest BCUT2D eigenvalue weighted by Crippen LogP contribution is -2.08. The van der Waals surface area contributed by atoms with Gasteiger partial charge in [-0.2, -0.15) is 0 Å². The number of nitrogens with zero attached hydrogens (tertiary/aromatic N) is 3. The van der Waals surface area contributed by atoms with Crippen molar-refractivity contribution in [3.63, 3.8) is 0 Å². The standard InChI is InChI=1S/C14H17N3O2S/c1-4-19-13(18)9-20-14-16-15-11(3)17(14)12-8-6-5-7-10(12)2/h5-8H,4,9H2,1-3H3. The fourth-order valence-electron chi connectivity index (χ4n) is 1.85. The van der Waals surface area contributed by atoms with Gasteiger partial charge in [0.25, 0.3) is 0 Å². The number of carbonyl (C=O) groups excluding carboxylic acids is 1. The van der Waals surface area contributed by atoms with E-state index in [1.54, 1.807) is 6.92 Å². The quantitative estimate of drug-likeness (QED) is 0.626. The minimum atomic E-state index is -0.241.